The minimum absolute atomic E-state index is 0.225. The molecule has 8 unspecified atom stereocenters. The van der Waals surface area contributed by atoms with Crippen molar-refractivity contribution in [1.82, 2.24) is 5.32 Å². The molecule has 1 rings (SSSR count). The molecule has 0 aromatic heterocycles. The van der Waals surface area contributed by atoms with Gasteiger partial charge in [-0.05, 0) is 38.5 Å². The first kappa shape index (κ1) is 61.1. The minimum atomic E-state index is -5.12. The van der Waals surface area contributed by atoms with Crippen LogP contribution in [0, 0.1) is 0 Å². The van der Waals surface area contributed by atoms with Crippen LogP contribution in [0.3, 0.4) is 0 Å². The number of aliphatic hydroxyl groups excluding tert-OH is 7. The molecular formula is C50H98NO12P. The van der Waals surface area contributed by atoms with Crippen molar-refractivity contribution < 1.29 is 59.0 Å². The van der Waals surface area contributed by atoms with Crippen LogP contribution in [0.15, 0.2) is 12.2 Å². The van der Waals surface area contributed by atoms with Crippen LogP contribution in [0.1, 0.15) is 239 Å². The van der Waals surface area contributed by atoms with Crippen LogP contribution in [0.2, 0.25) is 0 Å². The molecule has 8 atom stereocenters. The van der Waals surface area contributed by atoms with Gasteiger partial charge in [0.25, 0.3) is 0 Å². The Hall–Kier alpha value is -0.960. The van der Waals surface area contributed by atoms with Crippen LogP contribution in [0.25, 0.3) is 0 Å². The summed E-state index contributed by atoms with van der Waals surface area (Å²) >= 11 is 0. The molecule has 0 aromatic rings. The Balaban J connectivity index is 2.44. The van der Waals surface area contributed by atoms with Crippen LogP contribution >= 0.6 is 7.82 Å². The third-order valence-electron chi connectivity index (χ3n) is 12.9. The molecule has 0 aliphatic heterocycles. The molecule has 1 amide bonds. The lowest BCUT2D eigenvalue weighted by atomic mass is 9.85. The van der Waals surface area contributed by atoms with E-state index < -0.39 is 75.2 Å². The Labute approximate surface area is 389 Å². The van der Waals surface area contributed by atoms with E-state index >= 15 is 0 Å². The molecule has 14 heteroatoms. The summed E-state index contributed by atoms with van der Waals surface area (Å²) in [6.07, 6.45) is 29.7. The zero-order valence-corrected chi connectivity index (χ0v) is 41.4. The van der Waals surface area contributed by atoms with E-state index in [1.807, 2.05) is 0 Å². The number of hydrogen-bond donors (Lipinski definition) is 9. The standard InChI is InChI=1S/C50H98NO12P/c1-3-5-7-9-11-13-15-17-18-19-20-21-22-23-24-26-28-30-32-34-36-38-43(53)42(40-62-64(60,61)63-50-48(58)46(56)45(55)47(57)49(50)59)51-44(54)39-41(52)37-35-33-31-29-27-25-16-14-12-10-8-6-4-2/h14,16,41-43,45-50,52-53,55-59H,3-13,15,17-40H2,1-2H3,(H,51,54)(H,60,61)/b16-14-. The number of phosphoric acid groups is 1. The molecular weight excluding hydrogens is 838 g/mol. The number of allylic oxidation sites excluding steroid dienone is 2. The average Bonchev–Trinajstić information content (AvgIpc) is 3.27. The van der Waals surface area contributed by atoms with E-state index in [1.54, 1.807) is 0 Å². The van der Waals surface area contributed by atoms with Gasteiger partial charge in [0, 0.05) is 0 Å². The van der Waals surface area contributed by atoms with E-state index in [0.717, 1.165) is 70.6 Å². The summed E-state index contributed by atoms with van der Waals surface area (Å²) in [5.41, 5.74) is 0. The fraction of sp³-hybridized carbons (Fsp3) is 0.940. The number of amides is 1. The van der Waals surface area contributed by atoms with Gasteiger partial charge in [-0.1, -0.05) is 206 Å². The Morgan fingerprint density at radius 1 is 0.531 bits per heavy atom. The molecule has 0 spiro atoms. The molecule has 64 heavy (non-hydrogen) atoms. The first-order chi connectivity index (χ1) is 30.8. The van der Waals surface area contributed by atoms with E-state index in [-0.39, 0.29) is 12.8 Å². The fourth-order valence-electron chi connectivity index (χ4n) is 8.59. The Morgan fingerprint density at radius 3 is 1.30 bits per heavy atom. The van der Waals surface area contributed by atoms with Crippen molar-refractivity contribution in [1.29, 1.82) is 0 Å². The van der Waals surface area contributed by atoms with E-state index in [2.05, 4.69) is 31.3 Å². The fourth-order valence-corrected chi connectivity index (χ4v) is 9.56. The first-order valence-electron chi connectivity index (χ1n) is 26.2. The molecule has 0 radical (unpaired) electrons. The van der Waals surface area contributed by atoms with Crippen molar-refractivity contribution in [3.63, 3.8) is 0 Å². The summed E-state index contributed by atoms with van der Waals surface area (Å²) in [4.78, 5) is 23.5. The van der Waals surface area contributed by atoms with Gasteiger partial charge in [0.2, 0.25) is 5.91 Å². The lowest BCUT2D eigenvalue weighted by Gasteiger charge is -2.41. The van der Waals surface area contributed by atoms with Crippen molar-refractivity contribution in [3.8, 4) is 0 Å². The molecule has 380 valence electrons. The van der Waals surface area contributed by atoms with Gasteiger partial charge < -0.3 is 46.0 Å². The van der Waals surface area contributed by atoms with Crippen LogP contribution < -0.4 is 5.32 Å². The van der Waals surface area contributed by atoms with E-state index in [9.17, 15) is 50.0 Å². The van der Waals surface area contributed by atoms with Crippen molar-refractivity contribution in [3.05, 3.63) is 12.2 Å². The predicted molar refractivity (Wildman–Crippen MR) is 257 cm³/mol. The molecule has 9 N–H and O–H groups in total. The van der Waals surface area contributed by atoms with Crippen LogP contribution in [-0.4, -0.2) is 108 Å². The van der Waals surface area contributed by atoms with E-state index in [0.29, 0.717) is 12.8 Å². The summed E-state index contributed by atoms with van der Waals surface area (Å²) in [6, 6.07) is -1.15. The molecule has 1 aliphatic carbocycles. The minimum Gasteiger partial charge on any atom is -0.393 e. The zero-order valence-electron chi connectivity index (χ0n) is 40.5. The van der Waals surface area contributed by atoms with Gasteiger partial charge in [0.15, 0.2) is 0 Å². The number of rotatable bonds is 44. The Morgan fingerprint density at radius 2 is 0.875 bits per heavy atom. The number of carbonyl (C=O) groups excluding carboxylic acids is 1. The third kappa shape index (κ3) is 31.2. The van der Waals surface area contributed by atoms with Gasteiger partial charge in [-0.3, -0.25) is 13.8 Å². The molecule has 0 bridgehead atoms. The quantitative estimate of drug-likeness (QED) is 0.0158. The topological polar surface area (TPSA) is 226 Å². The van der Waals surface area contributed by atoms with E-state index in [1.165, 1.54) is 128 Å². The highest BCUT2D eigenvalue weighted by Gasteiger charge is 2.51. The second-order valence-corrected chi connectivity index (χ2v) is 20.3. The van der Waals surface area contributed by atoms with Gasteiger partial charge in [0.1, 0.15) is 36.6 Å². The molecule has 0 aromatic carbocycles. The molecule has 0 saturated heterocycles. The number of phosphoric ester groups is 1. The number of aliphatic hydroxyl groups is 7. The van der Waals surface area contributed by atoms with Crippen molar-refractivity contribution in [2.45, 2.75) is 293 Å². The van der Waals surface area contributed by atoms with Crippen LogP contribution in [0.5, 0.6) is 0 Å². The van der Waals surface area contributed by atoms with Gasteiger partial charge in [0.05, 0.1) is 31.3 Å². The lowest BCUT2D eigenvalue weighted by molar-refractivity contribution is -0.220. The van der Waals surface area contributed by atoms with Gasteiger partial charge in [-0.15, -0.1) is 0 Å². The monoisotopic (exact) mass is 936 g/mol. The number of carbonyl (C=O) groups is 1. The number of unbranched alkanes of at least 4 members (excludes halogenated alkanes) is 29. The highest BCUT2D eigenvalue weighted by molar-refractivity contribution is 7.47. The van der Waals surface area contributed by atoms with Gasteiger partial charge in [-0.25, -0.2) is 4.57 Å². The third-order valence-corrected chi connectivity index (χ3v) is 13.9. The Kier molecular flexibility index (Phi) is 38.1. The molecule has 1 saturated carbocycles. The highest BCUT2D eigenvalue weighted by atomic mass is 31.2. The average molecular weight is 936 g/mol. The Bertz CT molecular complexity index is 1150. The van der Waals surface area contributed by atoms with Crippen molar-refractivity contribution in [2.24, 2.45) is 0 Å². The lowest BCUT2D eigenvalue weighted by Crippen LogP contribution is -2.64. The molecule has 13 nitrogen and oxygen atoms in total. The zero-order chi connectivity index (χ0) is 47.3. The van der Waals surface area contributed by atoms with Crippen LogP contribution in [0.4, 0.5) is 0 Å². The second kappa shape index (κ2) is 40.0. The SMILES string of the molecule is CCCCCC/C=C\CCCCCCCC(O)CC(=O)NC(COP(=O)(O)OC1C(O)C(O)C(O)C(O)C1O)C(O)CCCCCCCCCCCCCCCCCCCCCCC. The van der Waals surface area contributed by atoms with Crippen molar-refractivity contribution in [2.75, 3.05) is 6.61 Å². The normalized spacial score (nSPS) is 22.7. The maximum Gasteiger partial charge on any atom is 0.472 e. The largest absolute Gasteiger partial charge is 0.472 e. The van der Waals surface area contributed by atoms with Crippen LogP contribution in [-0.2, 0) is 18.4 Å². The molecule has 1 fully saturated rings. The van der Waals surface area contributed by atoms with Gasteiger partial charge >= 0.3 is 7.82 Å². The second-order valence-electron chi connectivity index (χ2n) is 18.9. The predicted octanol–water partition coefficient (Wildman–Crippen LogP) is 9.76. The number of nitrogens with one attached hydrogen (secondary N) is 1. The maximum atomic E-state index is 13.0. The summed E-state index contributed by atoms with van der Waals surface area (Å²) in [6.45, 7) is 3.80. The summed E-state index contributed by atoms with van der Waals surface area (Å²) < 4.78 is 23.0. The van der Waals surface area contributed by atoms with Crippen molar-refractivity contribution >= 4 is 13.7 Å². The molecule has 1 aliphatic rings. The number of hydrogen-bond acceptors (Lipinski definition) is 11. The highest BCUT2D eigenvalue weighted by Crippen LogP contribution is 2.47. The summed E-state index contributed by atoms with van der Waals surface area (Å²) in [5.74, 6) is -0.563. The smallest absolute Gasteiger partial charge is 0.393 e. The van der Waals surface area contributed by atoms with Gasteiger partial charge in [-0.2, -0.15) is 0 Å². The van der Waals surface area contributed by atoms with E-state index in [4.69, 9.17) is 9.05 Å². The molecule has 0 heterocycles. The summed E-state index contributed by atoms with van der Waals surface area (Å²) in [7, 11) is -5.12. The first-order valence-corrected chi connectivity index (χ1v) is 27.7. The maximum absolute atomic E-state index is 13.0. The summed E-state index contributed by atoms with van der Waals surface area (Å²) in [5, 5.41) is 74.8.